The molecule has 37 heavy (non-hydrogen) atoms. The SMILES string of the molecule is C=C(C)[C@@H]1CC[C@]2(C(=O)O)CC[C@]3(C)C(C[C@@H](O)C4[C@]5(C)C(CC[C@]43C)C(C)(C)O[C@@H]5CC(=O)OC)C12. The number of hydrogen-bond donors (Lipinski definition) is 2. The molecule has 1 saturated heterocycles. The maximum Gasteiger partial charge on any atom is 0.309 e. The first kappa shape index (κ1) is 27.2. The van der Waals surface area contributed by atoms with Crippen molar-refractivity contribution < 1.29 is 29.3 Å². The predicted molar refractivity (Wildman–Crippen MR) is 141 cm³/mol. The summed E-state index contributed by atoms with van der Waals surface area (Å²) in [4.78, 5) is 25.3. The molecule has 0 aromatic rings. The van der Waals surface area contributed by atoms with Gasteiger partial charge in [-0.2, -0.15) is 0 Å². The van der Waals surface area contributed by atoms with E-state index in [9.17, 15) is 19.8 Å². The van der Waals surface area contributed by atoms with E-state index in [0.717, 1.165) is 31.3 Å². The Labute approximate surface area is 222 Å². The van der Waals surface area contributed by atoms with Crippen LogP contribution in [0.5, 0.6) is 0 Å². The fourth-order valence-electron chi connectivity index (χ4n) is 11.5. The van der Waals surface area contributed by atoms with Gasteiger partial charge in [-0.1, -0.05) is 32.9 Å². The molecule has 4 unspecified atom stereocenters. The molecule has 0 bridgehead atoms. The number of aliphatic hydroxyl groups is 1. The van der Waals surface area contributed by atoms with Crippen molar-refractivity contribution in [3.63, 3.8) is 0 Å². The van der Waals surface area contributed by atoms with Gasteiger partial charge in [0.05, 0.1) is 36.8 Å². The van der Waals surface area contributed by atoms with Gasteiger partial charge in [-0.05, 0) is 106 Å². The van der Waals surface area contributed by atoms with Gasteiger partial charge in [-0.15, -0.1) is 0 Å². The monoisotopic (exact) mass is 516 g/mol. The van der Waals surface area contributed by atoms with Crippen LogP contribution in [0.2, 0.25) is 0 Å². The van der Waals surface area contributed by atoms with Crippen LogP contribution in [0.1, 0.15) is 92.9 Å². The van der Waals surface area contributed by atoms with Gasteiger partial charge >= 0.3 is 11.9 Å². The van der Waals surface area contributed by atoms with Crippen molar-refractivity contribution in [3.8, 4) is 0 Å². The Morgan fingerprint density at radius 2 is 1.70 bits per heavy atom. The fourth-order valence-corrected chi connectivity index (χ4v) is 11.5. The molecule has 1 heterocycles. The zero-order valence-corrected chi connectivity index (χ0v) is 23.9. The molecule has 5 fully saturated rings. The van der Waals surface area contributed by atoms with Crippen molar-refractivity contribution in [2.24, 2.45) is 51.2 Å². The number of carboxylic acid groups (broad SMARTS) is 1. The van der Waals surface area contributed by atoms with Crippen LogP contribution in [0, 0.1) is 51.2 Å². The molecule has 11 atom stereocenters. The second kappa shape index (κ2) is 8.30. The smallest absolute Gasteiger partial charge is 0.309 e. The van der Waals surface area contributed by atoms with E-state index < -0.39 is 23.1 Å². The molecule has 0 radical (unpaired) electrons. The molecule has 6 nitrogen and oxygen atoms in total. The number of esters is 1. The van der Waals surface area contributed by atoms with Crippen LogP contribution >= 0.6 is 0 Å². The molecular formula is C31H48O6. The average Bonchev–Trinajstić information content (AvgIpc) is 3.29. The Hall–Kier alpha value is -1.40. The molecule has 208 valence electrons. The Balaban J connectivity index is 1.62. The number of methoxy groups -OCH3 is 1. The summed E-state index contributed by atoms with van der Waals surface area (Å²) in [5.41, 5.74) is -0.736. The quantitative estimate of drug-likeness (QED) is 0.372. The highest BCUT2D eigenvalue weighted by molar-refractivity contribution is 5.76. The van der Waals surface area contributed by atoms with Crippen LogP contribution < -0.4 is 0 Å². The van der Waals surface area contributed by atoms with Crippen molar-refractivity contribution in [2.75, 3.05) is 7.11 Å². The summed E-state index contributed by atoms with van der Waals surface area (Å²) in [5, 5.41) is 22.7. The maximum absolute atomic E-state index is 12.8. The van der Waals surface area contributed by atoms with Crippen molar-refractivity contribution in [2.45, 2.75) is 111 Å². The standard InChI is InChI=1S/C31H48O6/c1-17(2)18-9-12-31(26(34)35)14-13-28(5)19(24(18)31)15-20(32)25-29(28,6)11-10-21-27(3,4)37-22(30(21,25)7)16-23(33)36-8/h18-22,24-25,32H,1,9-16H2,2-8H3,(H,34,35)/t18-,19?,20+,21?,22+,24?,25?,28+,29+,30+,31-/m0/s1. The Bertz CT molecular complexity index is 1000. The molecule has 1 aliphatic heterocycles. The minimum absolute atomic E-state index is 0.00124. The molecular weight excluding hydrogens is 468 g/mol. The van der Waals surface area contributed by atoms with E-state index in [-0.39, 0.29) is 64.3 Å². The number of rotatable bonds is 4. The lowest BCUT2D eigenvalue weighted by Crippen LogP contribution is -2.69. The largest absolute Gasteiger partial charge is 0.481 e. The van der Waals surface area contributed by atoms with Crippen LogP contribution in [-0.4, -0.2) is 47.1 Å². The van der Waals surface area contributed by atoms with Crippen LogP contribution in [0.3, 0.4) is 0 Å². The lowest BCUT2D eigenvalue weighted by atomic mass is 9.33. The van der Waals surface area contributed by atoms with Crippen LogP contribution in [0.4, 0.5) is 0 Å². The van der Waals surface area contributed by atoms with Gasteiger partial charge in [0.15, 0.2) is 0 Å². The van der Waals surface area contributed by atoms with Gasteiger partial charge in [0.1, 0.15) is 0 Å². The number of carboxylic acids is 1. The third-order valence-electron chi connectivity index (χ3n) is 13.2. The van der Waals surface area contributed by atoms with Crippen molar-refractivity contribution in [1.29, 1.82) is 0 Å². The van der Waals surface area contributed by atoms with E-state index in [1.807, 2.05) is 0 Å². The number of allylic oxidation sites excluding steroid dienone is 1. The molecule has 5 aliphatic rings. The van der Waals surface area contributed by atoms with Crippen molar-refractivity contribution in [3.05, 3.63) is 12.2 Å². The molecule has 0 aromatic carbocycles. The first-order chi connectivity index (χ1) is 17.1. The van der Waals surface area contributed by atoms with Gasteiger partial charge in [0.25, 0.3) is 0 Å². The van der Waals surface area contributed by atoms with Crippen molar-refractivity contribution in [1.82, 2.24) is 0 Å². The van der Waals surface area contributed by atoms with Crippen LogP contribution in [0.15, 0.2) is 12.2 Å². The molecule has 0 amide bonds. The number of aliphatic carboxylic acids is 1. The third kappa shape index (κ3) is 3.30. The third-order valence-corrected chi connectivity index (χ3v) is 13.2. The molecule has 2 N–H and O–H groups in total. The summed E-state index contributed by atoms with van der Waals surface area (Å²) in [6.45, 7) is 17.6. The number of hydrogen-bond acceptors (Lipinski definition) is 5. The molecule has 6 heteroatoms. The first-order valence-corrected chi connectivity index (χ1v) is 14.4. The van der Waals surface area contributed by atoms with Gasteiger partial charge in [0, 0.05) is 5.41 Å². The van der Waals surface area contributed by atoms with Gasteiger partial charge in [-0.25, -0.2) is 0 Å². The average molecular weight is 517 g/mol. The number of ether oxygens (including phenoxy) is 2. The van der Waals surface area contributed by atoms with Crippen LogP contribution in [0.25, 0.3) is 0 Å². The Morgan fingerprint density at radius 3 is 2.30 bits per heavy atom. The Morgan fingerprint density at radius 1 is 1.03 bits per heavy atom. The second-order valence-electron chi connectivity index (χ2n) is 14.6. The zero-order valence-electron chi connectivity index (χ0n) is 23.9. The van der Waals surface area contributed by atoms with E-state index >= 15 is 0 Å². The van der Waals surface area contributed by atoms with E-state index in [1.54, 1.807) is 0 Å². The predicted octanol–water partition coefficient (Wildman–Crippen LogP) is 5.62. The summed E-state index contributed by atoms with van der Waals surface area (Å²) in [7, 11) is 1.42. The minimum Gasteiger partial charge on any atom is -0.481 e. The van der Waals surface area contributed by atoms with Gasteiger partial charge in [-0.3, -0.25) is 9.59 Å². The first-order valence-electron chi connectivity index (χ1n) is 14.4. The van der Waals surface area contributed by atoms with Crippen LogP contribution in [-0.2, 0) is 19.1 Å². The topological polar surface area (TPSA) is 93.1 Å². The normalized spacial score (nSPS) is 51.8. The van der Waals surface area contributed by atoms with E-state index in [1.165, 1.54) is 7.11 Å². The number of carbonyl (C=O) groups excluding carboxylic acids is 1. The van der Waals surface area contributed by atoms with E-state index in [0.29, 0.717) is 19.3 Å². The lowest BCUT2D eigenvalue weighted by Gasteiger charge is -2.71. The number of fused-ring (bicyclic) bond motifs is 7. The summed E-state index contributed by atoms with van der Waals surface area (Å²) in [6.07, 6.45) is 4.97. The van der Waals surface area contributed by atoms with E-state index in [4.69, 9.17) is 9.47 Å². The molecule has 4 saturated carbocycles. The zero-order chi connectivity index (χ0) is 27.3. The number of carbonyl (C=O) groups is 2. The highest BCUT2D eigenvalue weighted by Crippen LogP contribution is 2.77. The second-order valence-corrected chi connectivity index (χ2v) is 14.6. The highest BCUT2D eigenvalue weighted by Gasteiger charge is 2.75. The van der Waals surface area contributed by atoms with Gasteiger partial charge < -0.3 is 19.7 Å². The van der Waals surface area contributed by atoms with E-state index in [2.05, 4.69) is 48.1 Å². The fraction of sp³-hybridized carbons (Fsp3) is 0.871. The Kier molecular flexibility index (Phi) is 6.10. The maximum atomic E-state index is 12.8. The minimum atomic E-state index is -0.719. The van der Waals surface area contributed by atoms with Gasteiger partial charge in [0.2, 0.25) is 0 Å². The summed E-state index contributed by atoms with van der Waals surface area (Å²) in [5.74, 6) is -0.458. The summed E-state index contributed by atoms with van der Waals surface area (Å²) in [6, 6.07) is 0. The highest BCUT2D eigenvalue weighted by atomic mass is 16.5. The molecule has 4 aliphatic carbocycles. The number of aliphatic hydroxyl groups excluding tert-OH is 1. The summed E-state index contributed by atoms with van der Waals surface area (Å²) >= 11 is 0. The van der Waals surface area contributed by atoms with Crippen molar-refractivity contribution >= 4 is 11.9 Å². The summed E-state index contributed by atoms with van der Waals surface area (Å²) < 4.78 is 11.7. The molecule has 0 spiro atoms. The molecule has 5 rings (SSSR count). The molecule has 0 aromatic heterocycles. The lowest BCUT2D eigenvalue weighted by molar-refractivity contribution is -0.254.